The summed E-state index contributed by atoms with van der Waals surface area (Å²) in [5, 5.41) is 7.05. The van der Waals surface area contributed by atoms with Crippen LogP contribution in [-0.2, 0) is 6.42 Å². The van der Waals surface area contributed by atoms with E-state index >= 15 is 0 Å². The van der Waals surface area contributed by atoms with Crippen molar-refractivity contribution in [3.63, 3.8) is 0 Å². The molecular weight excluding hydrogens is 204 g/mol. The largest absolute Gasteiger partial charge is 0.310 e. The Hall–Kier alpha value is -0.410. The van der Waals surface area contributed by atoms with E-state index in [1.165, 1.54) is 17.8 Å². The molecule has 1 aromatic rings. The number of nitrogens with zero attached hydrogens (tertiary/aromatic N) is 1. The van der Waals surface area contributed by atoms with Crippen LogP contribution in [0.15, 0.2) is 11.6 Å². The Morgan fingerprint density at radius 2 is 2.33 bits per heavy atom. The summed E-state index contributed by atoms with van der Waals surface area (Å²) in [7, 11) is 0. The number of thiazole rings is 1. The molecule has 84 valence electrons. The first kappa shape index (κ1) is 11.1. The van der Waals surface area contributed by atoms with Gasteiger partial charge in [0.1, 0.15) is 0 Å². The van der Waals surface area contributed by atoms with Gasteiger partial charge < -0.3 is 5.32 Å². The van der Waals surface area contributed by atoms with Crippen molar-refractivity contribution in [1.82, 2.24) is 10.3 Å². The molecule has 0 aliphatic carbocycles. The lowest BCUT2D eigenvalue weighted by Crippen LogP contribution is -2.52. The summed E-state index contributed by atoms with van der Waals surface area (Å²) in [6.45, 7) is 8.15. The number of aromatic nitrogens is 1. The van der Waals surface area contributed by atoms with Gasteiger partial charge in [0.25, 0.3) is 0 Å². The number of rotatable bonds is 2. The maximum atomic E-state index is 4.42. The van der Waals surface area contributed by atoms with Gasteiger partial charge in [-0.3, -0.25) is 0 Å². The van der Waals surface area contributed by atoms with Gasteiger partial charge in [-0.15, -0.1) is 11.3 Å². The van der Waals surface area contributed by atoms with Crippen molar-refractivity contribution in [1.29, 1.82) is 0 Å². The molecule has 1 unspecified atom stereocenters. The summed E-state index contributed by atoms with van der Waals surface area (Å²) in [6.07, 6.45) is 5.55. The van der Waals surface area contributed by atoms with E-state index in [0.29, 0.717) is 5.41 Å². The fourth-order valence-electron chi connectivity index (χ4n) is 2.46. The fraction of sp³-hybridized carbons (Fsp3) is 0.750. The minimum Gasteiger partial charge on any atom is -0.310 e. The summed E-state index contributed by atoms with van der Waals surface area (Å²) in [5.74, 6) is 0. The molecule has 0 amide bonds. The third-order valence-corrected chi connectivity index (χ3v) is 4.40. The highest BCUT2D eigenvalue weighted by molar-refractivity contribution is 7.09. The van der Waals surface area contributed by atoms with Crippen LogP contribution >= 0.6 is 11.3 Å². The minimum absolute atomic E-state index is 0.255. The van der Waals surface area contributed by atoms with E-state index < -0.39 is 0 Å². The van der Waals surface area contributed by atoms with E-state index in [1.807, 2.05) is 6.20 Å². The highest BCUT2D eigenvalue weighted by atomic mass is 32.1. The predicted octanol–water partition coefficient (Wildman–Crippen LogP) is 2.85. The van der Waals surface area contributed by atoms with Crippen molar-refractivity contribution in [2.24, 2.45) is 5.41 Å². The Kier molecular flexibility index (Phi) is 2.86. The predicted molar refractivity (Wildman–Crippen MR) is 65.2 cm³/mol. The lowest BCUT2D eigenvalue weighted by molar-refractivity contribution is 0.159. The monoisotopic (exact) mass is 224 g/mol. The average Bonchev–Trinajstić information content (AvgIpc) is 2.74. The van der Waals surface area contributed by atoms with Gasteiger partial charge in [-0.2, -0.15) is 0 Å². The Bertz CT molecular complexity index is 305. The average molecular weight is 224 g/mol. The summed E-state index contributed by atoms with van der Waals surface area (Å²) in [4.78, 5) is 4.42. The highest BCUT2D eigenvalue weighted by Gasteiger charge is 2.44. The molecule has 3 heteroatoms. The van der Waals surface area contributed by atoms with Crippen LogP contribution in [0.25, 0.3) is 0 Å². The molecule has 2 rings (SSSR count). The second-order valence-electron chi connectivity index (χ2n) is 5.47. The maximum Gasteiger partial charge on any atom is 0.0943 e. The number of hydrogen-bond donors (Lipinski definition) is 1. The zero-order valence-corrected chi connectivity index (χ0v) is 10.7. The molecule has 0 radical (unpaired) electrons. The summed E-state index contributed by atoms with van der Waals surface area (Å²) in [5.41, 5.74) is 0.556. The molecular formula is C12H20N2S. The van der Waals surface area contributed by atoms with E-state index in [2.05, 4.69) is 36.5 Å². The van der Waals surface area contributed by atoms with Gasteiger partial charge in [0.15, 0.2) is 0 Å². The van der Waals surface area contributed by atoms with E-state index in [1.54, 1.807) is 11.3 Å². The second kappa shape index (κ2) is 3.87. The third-order valence-electron chi connectivity index (χ3n) is 3.62. The maximum absolute atomic E-state index is 4.42. The third kappa shape index (κ3) is 2.08. The van der Waals surface area contributed by atoms with Crippen molar-refractivity contribution in [3.05, 3.63) is 16.6 Å². The van der Waals surface area contributed by atoms with Crippen molar-refractivity contribution in [2.75, 3.05) is 6.54 Å². The van der Waals surface area contributed by atoms with Crippen molar-refractivity contribution in [2.45, 2.75) is 45.6 Å². The van der Waals surface area contributed by atoms with Crippen molar-refractivity contribution in [3.8, 4) is 0 Å². The van der Waals surface area contributed by atoms with Gasteiger partial charge in [0.05, 0.1) is 5.01 Å². The quantitative estimate of drug-likeness (QED) is 0.835. The zero-order chi connectivity index (χ0) is 10.9. The lowest BCUT2D eigenvalue weighted by atomic mass is 9.71. The van der Waals surface area contributed by atoms with Crippen LogP contribution in [0.1, 0.15) is 38.6 Å². The van der Waals surface area contributed by atoms with Gasteiger partial charge in [-0.1, -0.05) is 20.8 Å². The van der Waals surface area contributed by atoms with Crippen LogP contribution < -0.4 is 5.32 Å². The molecule has 2 nitrogen and oxygen atoms in total. The molecule has 1 fully saturated rings. The smallest absolute Gasteiger partial charge is 0.0943 e. The van der Waals surface area contributed by atoms with E-state index in [-0.39, 0.29) is 5.54 Å². The SMILES string of the molecule is CC(C)(C)C1(Cc2nccs2)CCCN1. The molecule has 2 heterocycles. The first-order valence-corrected chi connectivity index (χ1v) is 6.55. The van der Waals surface area contributed by atoms with Gasteiger partial charge in [-0.05, 0) is 24.8 Å². The topological polar surface area (TPSA) is 24.9 Å². The lowest BCUT2D eigenvalue weighted by Gasteiger charge is -2.42. The van der Waals surface area contributed by atoms with Crippen LogP contribution in [0.3, 0.4) is 0 Å². The van der Waals surface area contributed by atoms with Gasteiger partial charge in [0, 0.05) is 23.5 Å². The van der Waals surface area contributed by atoms with Gasteiger partial charge >= 0.3 is 0 Å². The first-order chi connectivity index (χ1) is 7.04. The minimum atomic E-state index is 0.255. The van der Waals surface area contributed by atoms with Crippen molar-refractivity contribution >= 4 is 11.3 Å². The molecule has 0 saturated carbocycles. The summed E-state index contributed by atoms with van der Waals surface area (Å²) in [6, 6.07) is 0. The standard InChI is InChI=1S/C12H20N2S/c1-11(2,3)12(5-4-6-14-12)9-10-13-7-8-15-10/h7-8,14H,4-6,9H2,1-3H3. The van der Waals surface area contributed by atoms with Crippen LogP contribution in [0, 0.1) is 5.41 Å². The molecule has 1 N–H and O–H groups in total. The summed E-state index contributed by atoms with van der Waals surface area (Å²) < 4.78 is 0. The Balaban J connectivity index is 2.20. The Morgan fingerprint density at radius 3 is 2.80 bits per heavy atom. The molecule has 0 aromatic carbocycles. The van der Waals surface area contributed by atoms with Crippen LogP contribution in [0.4, 0.5) is 0 Å². The highest BCUT2D eigenvalue weighted by Crippen LogP contribution is 2.40. The molecule has 15 heavy (non-hydrogen) atoms. The summed E-state index contributed by atoms with van der Waals surface area (Å²) >= 11 is 1.77. The van der Waals surface area contributed by atoms with Gasteiger partial charge in [-0.25, -0.2) is 4.98 Å². The Labute approximate surface area is 96.1 Å². The van der Waals surface area contributed by atoms with E-state index in [9.17, 15) is 0 Å². The Morgan fingerprint density at radius 1 is 1.53 bits per heavy atom. The zero-order valence-electron chi connectivity index (χ0n) is 9.84. The molecule has 0 bridgehead atoms. The second-order valence-corrected chi connectivity index (χ2v) is 6.44. The van der Waals surface area contributed by atoms with E-state index in [4.69, 9.17) is 0 Å². The van der Waals surface area contributed by atoms with Crippen LogP contribution in [0.2, 0.25) is 0 Å². The van der Waals surface area contributed by atoms with E-state index in [0.717, 1.165) is 13.0 Å². The molecule has 1 saturated heterocycles. The van der Waals surface area contributed by atoms with Crippen molar-refractivity contribution < 1.29 is 0 Å². The fourth-order valence-corrected chi connectivity index (χ4v) is 3.19. The molecule has 1 aromatic heterocycles. The molecule has 0 spiro atoms. The molecule has 1 atom stereocenters. The van der Waals surface area contributed by atoms with Crippen LogP contribution in [-0.4, -0.2) is 17.1 Å². The number of nitrogens with one attached hydrogen (secondary N) is 1. The first-order valence-electron chi connectivity index (χ1n) is 5.67. The normalized spacial score (nSPS) is 27.1. The van der Waals surface area contributed by atoms with Crippen LogP contribution in [0.5, 0.6) is 0 Å². The molecule has 1 aliphatic rings. The van der Waals surface area contributed by atoms with Gasteiger partial charge in [0.2, 0.25) is 0 Å². The number of hydrogen-bond acceptors (Lipinski definition) is 3. The molecule has 1 aliphatic heterocycles.